The summed E-state index contributed by atoms with van der Waals surface area (Å²) in [5, 5.41) is 1.08. The first-order valence-corrected chi connectivity index (χ1v) is 9.99. The number of ketones is 1. The van der Waals surface area contributed by atoms with Gasteiger partial charge in [-0.25, -0.2) is 4.98 Å². The summed E-state index contributed by atoms with van der Waals surface area (Å²) in [6.07, 6.45) is 0. The number of rotatable bonds is 4. The second-order valence-corrected chi connectivity index (χ2v) is 8.85. The predicted octanol–water partition coefficient (Wildman–Crippen LogP) is 4.86. The van der Waals surface area contributed by atoms with Crippen LogP contribution >= 0.6 is 27.7 Å². The number of nitrogens with zero attached hydrogens (tertiary/aromatic N) is 2. The summed E-state index contributed by atoms with van der Waals surface area (Å²) in [6.45, 7) is 5.68. The zero-order valence-corrected chi connectivity index (χ0v) is 17.2. The van der Waals surface area contributed by atoms with Crippen LogP contribution in [0.15, 0.2) is 63.0 Å². The van der Waals surface area contributed by atoms with E-state index < -0.39 is 5.41 Å². The fraction of sp³-hybridized carbons (Fsp3) is 0.250. The van der Waals surface area contributed by atoms with Crippen molar-refractivity contribution in [3.8, 4) is 5.69 Å². The Morgan fingerprint density at radius 3 is 2.42 bits per heavy atom. The van der Waals surface area contributed by atoms with Crippen LogP contribution < -0.4 is 5.56 Å². The van der Waals surface area contributed by atoms with Crippen molar-refractivity contribution in [1.82, 2.24) is 9.55 Å². The van der Waals surface area contributed by atoms with Gasteiger partial charge in [0.05, 0.1) is 22.3 Å². The van der Waals surface area contributed by atoms with Crippen molar-refractivity contribution in [2.75, 3.05) is 5.75 Å². The maximum Gasteiger partial charge on any atom is 0.266 e. The number of thioether (sulfide) groups is 1. The van der Waals surface area contributed by atoms with Gasteiger partial charge >= 0.3 is 0 Å². The minimum absolute atomic E-state index is 0.118. The van der Waals surface area contributed by atoms with Crippen LogP contribution in [-0.4, -0.2) is 21.1 Å². The van der Waals surface area contributed by atoms with E-state index in [4.69, 9.17) is 0 Å². The van der Waals surface area contributed by atoms with Crippen molar-refractivity contribution >= 4 is 44.4 Å². The second kappa shape index (κ2) is 7.37. The van der Waals surface area contributed by atoms with E-state index in [-0.39, 0.29) is 17.1 Å². The quantitative estimate of drug-likeness (QED) is 0.438. The van der Waals surface area contributed by atoms with E-state index in [0.29, 0.717) is 16.1 Å². The molecule has 0 N–H and O–H groups in total. The molecule has 4 nitrogen and oxygen atoms in total. The van der Waals surface area contributed by atoms with E-state index in [1.807, 2.05) is 63.2 Å². The van der Waals surface area contributed by atoms with Gasteiger partial charge < -0.3 is 0 Å². The van der Waals surface area contributed by atoms with Crippen LogP contribution in [0.1, 0.15) is 20.8 Å². The van der Waals surface area contributed by atoms with Crippen LogP contribution in [0.5, 0.6) is 0 Å². The summed E-state index contributed by atoms with van der Waals surface area (Å²) >= 11 is 4.71. The van der Waals surface area contributed by atoms with Crippen molar-refractivity contribution in [2.24, 2.45) is 5.41 Å². The van der Waals surface area contributed by atoms with E-state index in [2.05, 4.69) is 20.9 Å². The molecule has 1 aromatic heterocycles. The highest BCUT2D eigenvalue weighted by atomic mass is 79.9. The van der Waals surface area contributed by atoms with E-state index in [0.717, 1.165) is 10.2 Å². The molecule has 1 heterocycles. The number of fused-ring (bicyclic) bond motifs is 1. The number of para-hydroxylation sites is 1. The average molecular weight is 431 g/mol. The Morgan fingerprint density at radius 1 is 1.12 bits per heavy atom. The van der Waals surface area contributed by atoms with Gasteiger partial charge in [0.1, 0.15) is 5.78 Å². The van der Waals surface area contributed by atoms with E-state index >= 15 is 0 Å². The summed E-state index contributed by atoms with van der Waals surface area (Å²) in [7, 11) is 0. The number of Topliss-reactive ketones (excluding diaryl/α,β-unsaturated/α-hetero) is 1. The second-order valence-electron chi connectivity index (χ2n) is 6.99. The smallest absolute Gasteiger partial charge is 0.266 e. The van der Waals surface area contributed by atoms with E-state index in [1.165, 1.54) is 11.8 Å². The lowest BCUT2D eigenvalue weighted by Crippen LogP contribution is -2.24. The van der Waals surface area contributed by atoms with Crippen molar-refractivity contribution in [2.45, 2.75) is 25.9 Å². The molecular formula is C20H19BrN2O2S. The molecular weight excluding hydrogens is 412 g/mol. The molecule has 0 saturated carbocycles. The molecule has 0 spiro atoms. The van der Waals surface area contributed by atoms with E-state index in [1.54, 1.807) is 10.6 Å². The van der Waals surface area contributed by atoms with Crippen LogP contribution in [0, 0.1) is 5.41 Å². The first-order valence-electron chi connectivity index (χ1n) is 8.21. The summed E-state index contributed by atoms with van der Waals surface area (Å²) in [5.41, 5.74) is 0.800. The van der Waals surface area contributed by atoms with E-state index in [9.17, 15) is 9.59 Å². The molecule has 0 aliphatic rings. The number of halogens is 1. The zero-order valence-electron chi connectivity index (χ0n) is 14.8. The maximum atomic E-state index is 13.1. The van der Waals surface area contributed by atoms with Gasteiger partial charge in [0, 0.05) is 9.89 Å². The van der Waals surface area contributed by atoms with Crippen LogP contribution in [0.25, 0.3) is 16.6 Å². The molecule has 0 aliphatic heterocycles. The number of hydrogen-bond donors (Lipinski definition) is 0. The van der Waals surface area contributed by atoms with Gasteiger partial charge in [0.25, 0.3) is 5.56 Å². The summed E-state index contributed by atoms with van der Waals surface area (Å²) in [6, 6.07) is 14.8. The van der Waals surface area contributed by atoms with Gasteiger partial charge in [-0.2, -0.15) is 0 Å². The molecule has 0 radical (unpaired) electrons. The Hall–Kier alpha value is -1.92. The molecule has 134 valence electrons. The standard InChI is InChI=1S/C20H19BrN2O2S/c1-20(2,3)17(24)12-26-19-22-16-7-5-4-6-15(16)18(25)23(19)14-10-8-13(21)9-11-14/h4-11H,12H2,1-3H3. The van der Waals surface area contributed by atoms with Crippen LogP contribution in [-0.2, 0) is 4.79 Å². The Bertz CT molecular complexity index is 1020. The van der Waals surface area contributed by atoms with Gasteiger partial charge in [0.15, 0.2) is 5.16 Å². The van der Waals surface area contributed by atoms with Gasteiger partial charge in [-0.05, 0) is 36.4 Å². The molecule has 2 aromatic carbocycles. The molecule has 0 saturated heterocycles. The van der Waals surface area contributed by atoms with Gasteiger partial charge in [-0.15, -0.1) is 0 Å². The normalized spacial score (nSPS) is 11.7. The minimum atomic E-state index is -0.424. The Balaban J connectivity index is 2.13. The van der Waals surface area contributed by atoms with Crippen LogP contribution in [0.3, 0.4) is 0 Å². The third-order valence-electron chi connectivity index (χ3n) is 4.00. The number of benzene rings is 2. The molecule has 0 bridgehead atoms. The average Bonchev–Trinajstić information content (AvgIpc) is 2.60. The summed E-state index contributed by atoms with van der Waals surface area (Å²) in [4.78, 5) is 30.1. The topological polar surface area (TPSA) is 52.0 Å². The molecule has 0 aliphatic carbocycles. The summed E-state index contributed by atoms with van der Waals surface area (Å²) in [5.74, 6) is 0.386. The first-order chi connectivity index (χ1) is 12.3. The maximum absolute atomic E-state index is 13.1. The lowest BCUT2D eigenvalue weighted by molar-refractivity contribution is -0.123. The van der Waals surface area contributed by atoms with Crippen molar-refractivity contribution in [3.63, 3.8) is 0 Å². The first kappa shape index (κ1) is 18.9. The third-order valence-corrected chi connectivity index (χ3v) is 5.47. The molecule has 3 rings (SSSR count). The summed E-state index contributed by atoms with van der Waals surface area (Å²) < 4.78 is 2.51. The SMILES string of the molecule is CC(C)(C)C(=O)CSc1nc2ccccc2c(=O)n1-c1ccc(Br)cc1. The van der Waals surface area contributed by atoms with Gasteiger partial charge in [0.2, 0.25) is 0 Å². The predicted molar refractivity (Wildman–Crippen MR) is 110 cm³/mol. The van der Waals surface area contributed by atoms with Crippen molar-refractivity contribution in [1.29, 1.82) is 0 Å². The number of aromatic nitrogens is 2. The molecule has 0 fully saturated rings. The largest absolute Gasteiger partial charge is 0.298 e. The Morgan fingerprint density at radius 2 is 1.77 bits per heavy atom. The Labute approximate surface area is 164 Å². The molecule has 0 unspecified atom stereocenters. The van der Waals surface area contributed by atoms with Gasteiger partial charge in [-0.1, -0.05) is 60.6 Å². The van der Waals surface area contributed by atoms with Crippen LogP contribution in [0.4, 0.5) is 0 Å². The molecule has 0 atom stereocenters. The fourth-order valence-electron chi connectivity index (χ4n) is 2.37. The highest BCUT2D eigenvalue weighted by molar-refractivity contribution is 9.10. The lowest BCUT2D eigenvalue weighted by Gasteiger charge is -2.17. The van der Waals surface area contributed by atoms with Gasteiger partial charge in [-0.3, -0.25) is 14.2 Å². The number of hydrogen-bond acceptors (Lipinski definition) is 4. The van der Waals surface area contributed by atoms with Crippen molar-refractivity contribution < 1.29 is 4.79 Å². The highest BCUT2D eigenvalue weighted by Gasteiger charge is 2.22. The third kappa shape index (κ3) is 3.91. The van der Waals surface area contributed by atoms with Crippen molar-refractivity contribution in [3.05, 3.63) is 63.4 Å². The zero-order chi connectivity index (χ0) is 18.9. The molecule has 3 aromatic rings. The molecule has 0 amide bonds. The molecule has 26 heavy (non-hydrogen) atoms. The number of carbonyl (C=O) groups is 1. The lowest BCUT2D eigenvalue weighted by atomic mass is 9.92. The molecule has 6 heteroatoms. The monoisotopic (exact) mass is 430 g/mol. The highest BCUT2D eigenvalue weighted by Crippen LogP contribution is 2.25. The Kier molecular flexibility index (Phi) is 5.34. The minimum Gasteiger partial charge on any atom is -0.298 e. The number of carbonyl (C=O) groups excluding carboxylic acids is 1. The van der Waals surface area contributed by atoms with Crippen LogP contribution in [0.2, 0.25) is 0 Å². The fourth-order valence-corrected chi connectivity index (χ4v) is 3.81.